The Hall–Kier alpha value is -2.66. The Morgan fingerprint density at radius 2 is 1.96 bits per heavy atom. The van der Waals surface area contributed by atoms with Crippen LogP contribution in [0.25, 0.3) is 0 Å². The van der Waals surface area contributed by atoms with Crippen LogP contribution in [0.2, 0.25) is 5.02 Å². The predicted molar refractivity (Wildman–Crippen MR) is 90.9 cm³/mol. The highest BCUT2D eigenvalue weighted by molar-refractivity contribution is 6.30. The minimum Gasteiger partial charge on any atom is -0.469 e. The summed E-state index contributed by atoms with van der Waals surface area (Å²) in [5.41, 5.74) is 2.11. The molecule has 0 N–H and O–H groups in total. The molecular weight excluding hydrogens is 326 g/mol. The molecule has 0 fully saturated rings. The summed E-state index contributed by atoms with van der Waals surface area (Å²) in [6.07, 6.45) is 6.38. The minimum absolute atomic E-state index is 0.146. The third-order valence-electron chi connectivity index (χ3n) is 3.85. The van der Waals surface area contributed by atoms with E-state index in [1.807, 2.05) is 12.1 Å². The molecular formula is C18H16ClN3O2. The fourth-order valence-corrected chi connectivity index (χ4v) is 2.73. The van der Waals surface area contributed by atoms with Gasteiger partial charge in [0.05, 0.1) is 23.7 Å². The van der Waals surface area contributed by atoms with E-state index in [9.17, 15) is 4.79 Å². The van der Waals surface area contributed by atoms with E-state index in [2.05, 4.69) is 9.97 Å². The van der Waals surface area contributed by atoms with Crippen LogP contribution in [0.1, 0.15) is 33.4 Å². The highest BCUT2D eigenvalue weighted by Gasteiger charge is 2.27. The van der Waals surface area contributed by atoms with Gasteiger partial charge in [0, 0.05) is 24.5 Å². The maximum Gasteiger partial charge on any atom is 0.257 e. The molecule has 0 unspecified atom stereocenters. The quantitative estimate of drug-likeness (QED) is 0.722. The van der Waals surface area contributed by atoms with E-state index < -0.39 is 0 Å². The highest BCUT2D eigenvalue weighted by Crippen LogP contribution is 2.28. The Morgan fingerprint density at radius 1 is 1.21 bits per heavy atom. The third kappa shape index (κ3) is 3.16. The average molecular weight is 342 g/mol. The molecule has 0 radical (unpaired) electrons. The van der Waals surface area contributed by atoms with E-state index in [1.165, 1.54) is 6.26 Å². The summed E-state index contributed by atoms with van der Waals surface area (Å²) < 4.78 is 5.25. The molecule has 2 heterocycles. The smallest absolute Gasteiger partial charge is 0.257 e. The van der Waals surface area contributed by atoms with Gasteiger partial charge in [-0.2, -0.15) is 0 Å². The molecule has 0 aliphatic heterocycles. The summed E-state index contributed by atoms with van der Waals surface area (Å²) in [7, 11) is 1.74. The van der Waals surface area contributed by atoms with Crippen LogP contribution in [0.4, 0.5) is 0 Å². The molecule has 1 aromatic carbocycles. The third-order valence-corrected chi connectivity index (χ3v) is 4.10. The first kappa shape index (κ1) is 16.2. The number of furan rings is 1. The van der Waals surface area contributed by atoms with Crippen molar-refractivity contribution in [3.8, 4) is 0 Å². The first-order valence-corrected chi connectivity index (χ1v) is 7.78. The van der Waals surface area contributed by atoms with Crippen molar-refractivity contribution in [2.75, 3.05) is 7.05 Å². The fourth-order valence-electron chi connectivity index (χ4n) is 2.60. The number of halogens is 1. The molecule has 3 rings (SSSR count). The van der Waals surface area contributed by atoms with Crippen molar-refractivity contribution in [3.63, 3.8) is 0 Å². The number of hydrogen-bond acceptors (Lipinski definition) is 4. The second kappa shape index (κ2) is 6.84. The van der Waals surface area contributed by atoms with Gasteiger partial charge in [0.15, 0.2) is 0 Å². The van der Waals surface area contributed by atoms with Gasteiger partial charge in [-0.05, 0) is 30.7 Å². The van der Waals surface area contributed by atoms with Crippen LogP contribution in [-0.4, -0.2) is 27.8 Å². The number of carbonyl (C=O) groups excluding carboxylic acids is 1. The Kier molecular flexibility index (Phi) is 4.62. The topological polar surface area (TPSA) is 59.2 Å². The summed E-state index contributed by atoms with van der Waals surface area (Å²) in [5.74, 6) is 0.438. The first-order valence-electron chi connectivity index (χ1n) is 7.40. The van der Waals surface area contributed by atoms with Crippen molar-refractivity contribution in [3.05, 3.63) is 82.8 Å². The van der Waals surface area contributed by atoms with E-state index in [1.54, 1.807) is 55.7 Å². The van der Waals surface area contributed by atoms with Gasteiger partial charge in [-0.1, -0.05) is 23.7 Å². The summed E-state index contributed by atoms with van der Waals surface area (Å²) in [6, 6.07) is 8.65. The zero-order valence-electron chi connectivity index (χ0n) is 13.3. The largest absolute Gasteiger partial charge is 0.469 e. The summed E-state index contributed by atoms with van der Waals surface area (Å²) >= 11 is 5.99. The molecule has 0 spiro atoms. The van der Waals surface area contributed by atoms with Crippen LogP contribution in [-0.2, 0) is 0 Å². The van der Waals surface area contributed by atoms with Crippen molar-refractivity contribution in [1.82, 2.24) is 14.9 Å². The van der Waals surface area contributed by atoms with E-state index in [-0.39, 0.29) is 11.9 Å². The van der Waals surface area contributed by atoms with Crippen LogP contribution in [0.5, 0.6) is 0 Å². The van der Waals surface area contributed by atoms with Crippen LogP contribution < -0.4 is 0 Å². The Balaban J connectivity index is 2.03. The molecule has 122 valence electrons. The second-order valence-corrected chi connectivity index (χ2v) is 5.83. The summed E-state index contributed by atoms with van der Waals surface area (Å²) in [5, 5.41) is 0.635. The average Bonchev–Trinajstić information content (AvgIpc) is 3.03. The van der Waals surface area contributed by atoms with Gasteiger partial charge in [0.2, 0.25) is 0 Å². The SMILES string of the molecule is Cc1occc1C(=O)N(C)[C@H](c1ccc(Cl)cc1)c1cnccn1. The maximum atomic E-state index is 12.9. The monoisotopic (exact) mass is 341 g/mol. The number of nitrogens with zero attached hydrogens (tertiary/aromatic N) is 3. The van der Waals surface area contributed by atoms with E-state index in [4.69, 9.17) is 16.0 Å². The van der Waals surface area contributed by atoms with E-state index >= 15 is 0 Å². The van der Waals surface area contributed by atoms with Gasteiger partial charge in [0.1, 0.15) is 11.8 Å². The lowest BCUT2D eigenvalue weighted by molar-refractivity contribution is 0.0750. The number of hydrogen-bond donors (Lipinski definition) is 0. The Labute approximate surface area is 144 Å². The van der Waals surface area contributed by atoms with Crippen LogP contribution in [0.15, 0.2) is 59.6 Å². The number of aryl methyl sites for hydroxylation is 1. The van der Waals surface area contributed by atoms with Crippen LogP contribution in [0, 0.1) is 6.92 Å². The molecule has 3 aromatic rings. The van der Waals surface area contributed by atoms with Crippen molar-refractivity contribution in [1.29, 1.82) is 0 Å². The molecule has 0 saturated carbocycles. The van der Waals surface area contributed by atoms with Gasteiger partial charge >= 0.3 is 0 Å². The number of amides is 1. The minimum atomic E-state index is -0.377. The number of carbonyl (C=O) groups is 1. The molecule has 6 heteroatoms. The molecule has 2 aromatic heterocycles. The fraction of sp³-hybridized carbons (Fsp3) is 0.167. The molecule has 0 aliphatic carbocycles. The van der Waals surface area contributed by atoms with Crippen LogP contribution >= 0.6 is 11.6 Å². The van der Waals surface area contributed by atoms with Gasteiger partial charge in [-0.3, -0.25) is 14.8 Å². The normalized spacial score (nSPS) is 12.0. The molecule has 1 atom stereocenters. The summed E-state index contributed by atoms with van der Waals surface area (Å²) in [6.45, 7) is 1.76. The van der Waals surface area contributed by atoms with Gasteiger partial charge in [0.25, 0.3) is 5.91 Å². The number of aromatic nitrogens is 2. The number of benzene rings is 1. The second-order valence-electron chi connectivity index (χ2n) is 5.39. The van der Waals surface area contributed by atoms with Gasteiger partial charge in [-0.25, -0.2) is 0 Å². The Morgan fingerprint density at radius 3 is 2.54 bits per heavy atom. The predicted octanol–water partition coefficient (Wildman–Crippen LogP) is 3.89. The van der Waals surface area contributed by atoms with Gasteiger partial charge in [-0.15, -0.1) is 0 Å². The maximum absolute atomic E-state index is 12.9. The van der Waals surface area contributed by atoms with Crippen molar-refractivity contribution >= 4 is 17.5 Å². The van der Waals surface area contributed by atoms with Crippen molar-refractivity contribution in [2.45, 2.75) is 13.0 Å². The van der Waals surface area contributed by atoms with Gasteiger partial charge < -0.3 is 9.32 Å². The molecule has 0 aliphatic rings. The van der Waals surface area contributed by atoms with E-state index in [0.29, 0.717) is 22.0 Å². The zero-order valence-corrected chi connectivity index (χ0v) is 14.1. The van der Waals surface area contributed by atoms with Crippen molar-refractivity contribution in [2.24, 2.45) is 0 Å². The molecule has 0 saturated heterocycles. The van der Waals surface area contributed by atoms with Crippen molar-refractivity contribution < 1.29 is 9.21 Å². The molecule has 5 nitrogen and oxygen atoms in total. The van der Waals surface area contributed by atoms with Crippen LogP contribution in [0.3, 0.4) is 0 Å². The Bertz CT molecular complexity index is 831. The molecule has 1 amide bonds. The standard InChI is InChI=1S/C18H16ClN3O2/c1-12-15(7-10-24-12)18(23)22(2)17(16-11-20-8-9-21-16)13-3-5-14(19)6-4-13/h3-11,17H,1-2H3/t17-/m1/s1. The first-order chi connectivity index (χ1) is 11.6. The molecule has 24 heavy (non-hydrogen) atoms. The summed E-state index contributed by atoms with van der Waals surface area (Å²) in [4.78, 5) is 23.0. The van der Waals surface area contributed by atoms with E-state index in [0.717, 1.165) is 5.56 Å². The molecule has 0 bridgehead atoms. The lowest BCUT2D eigenvalue weighted by atomic mass is 10.0. The number of rotatable bonds is 4. The lowest BCUT2D eigenvalue weighted by Gasteiger charge is -2.28. The highest BCUT2D eigenvalue weighted by atomic mass is 35.5. The zero-order chi connectivity index (χ0) is 17.1. The lowest BCUT2D eigenvalue weighted by Crippen LogP contribution is -2.32.